The van der Waals surface area contributed by atoms with Gasteiger partial charge in [0.1, 0.15) is 5.54 Å². The first kappa shape index (κ1) is 14.7. The van der Waals surface area contributed by atoms with Gasteiger partial charge in [-0.25, -0.2) is 4.79 Å². The quantitative estimate of drug-likeness (QED) is 0.818. The number of fused-ring (bicyclic) bond motifs is 1. The van der Waals surface area contributed by atoms with Crippen LogP contribution < -0.4 is 10.6 Å². The lowest BCUT2D eigenvalue weighted by molar-refractivity contribution is -0.144. The summed E-state index contributed by atoms with van der Waals surface area (Å²) >= 11 is 1.40. The third-order valence-electron chi connectivity index (χ3n) is 3.39. The van der Waals surface area contributed by atoms with Gasteiger partial charge in [-0.3, -0.25) is 9.69 Å². The average Bonchev–Trinajstić information content (AvgIpc) is 2.30. The normalized spacial score (nSPS) is 17.8. The number of rotatable bonds is 2. The number of amides is 1. The van der Waals surface area contributed by atoms with Gasteiger partial charge in [0, 0.05) is 10.6 Å². The fourth-order valence-electron chi connectivity index (χ4n) is 2.15. The number of nitrogens with zero attached hydrogens (tertiary/aromatic N) is 1. The molecule has 3 N–H and O–H groups in total. The molecule has 5 nitrogen and oxygen atoms in total. The Morgan fingerprint density at radius 1 is 1.40 bits per heavy atom. The summed E-state index contributed by atoms with van der Waals surface area (Å²) in [6, 6.07) is 5.16. The van der Waals surface area contributed by atoms with Crippen molar-refractivity contribution in [3.63, 3.8) is 0 Å². The van der Waals surface area contributed by atoms with Crippen LogP contribution in [0, 0.1) is 0 Å². The Labute approximate surface area is 122 Å². The van der Waals surface area contributed by atoms with Gasteiger partial charge in [0.15, 0.2) is 0 Å². The number of thioether (sulfide) groups is 1. The number of hydrogen-bond donors (Lipinski definition) is 2. The fraction of sp³-hybridized carbons (Fsp3) is 0.429. The number of aliphatic carboxylic acids is 1. The van der Waals surface area contributed by atoms with Gasteiger partial charge in [0.25, 0.3) is 0 Å². The van der Waals surface area contributed by atoms with E-state index in [1.165, 1.54) is 30.5 Å². The molecule has 0 aliphatic carbocycles. The summed E-state index contributed by atoms with van der Waals surface area (Å²) in [6.07, 6.45) is 0. The zero-order chi connectivity index (χ0) is 15.3. The first-order valence-corrected chi connectivity index (χ1v) is 7.05. The van der Waals surface area contributed by atoms with E-state index in [0.717, 1.165) is 4.90 Å². The monoisotopic (exact) mass is 294 g/mol. The van der Waals surface area contributed by atoms with Crippen LogP contribution >= 0.6 is 11.8 Å². The maximum atomic E-state index is 12.7. The average molecular weight is 294 g/mol. The summed E-state index contributed by atoms with van der Waals surface area (Å²) < 4.78 is -0.729. The SMILES string of the molecule is CC1(C)Sc2cc(N)ccc2N(C(C)(C)C(=O)O)C1=O. The van der Waals surface area contributed by atoms with Gasteiger partial charge in [-0.1, -0.05) is 0 Å². The molecule has 0 bridgehead atoms. The maximum absolute atomic E-state index is 12.7. The number of carbonyl (C=O) groups is 2. The van der Waals surface area contributed by atoms with Crippen molar-refractivity contribution in [1.82, 2.24) is 0 Å². The summed E-state index contributed by atoms with van der Waals surface area (Å²) in [5, 5.41) is 9.44. The number of carboxylic acid groups (broad SMARTS) is 1. The molecule has 1 heterocycles. The third kappa shape index (κ3) is 2.14. The molecule has 1 aliphatic heterocycles. The molecule has 0 saturated heterocycles. The minimum atomic E-state index is -1.32. The minimum Gasteiger partial charge on any atom is -0.480 e. The highest BCUT2D eigenvalue weighted by Crippen LogP contribution is 2.48. The second-order valence-corrected chi connectivity index (χ2v) is 7.51. The number of nitrogens with two attached hydrogens (primary N) is 1. The Kier molecular flexibility index (Phi) is 3.25. The molecule has 0 aromatic heterocycles. The van der Waals surface area contributed by atoms with Gasteiger partial charge in [0.05, 0.1) is 10.4 Å². The van der Waals surface area contributed by atoms with Crippen molar-refractivity contribution in [3.05, 3.63) is 18.2 Å². The summed E-state index contributed by atoms with van der Waals surface area (Å²) in [5.41, 5.74) is 5.66. The molecule has 6 heteroatoms. The van der Waals surface area contributed by atoms with Crippen molar-refractivity contribution in [2.75, 3.05) is 10.6 Å². The molecular formula is C14H18N2O3S. The van der Waals surface area contributed by atoms with Gasteiger partial charge in [0.2, 0.25) is 5.91 Å². The lowest BCUT2D eigenvalue weighted by atomic mass is 9.98. The zero-order valence-corrected chi connectivity index (χ0v) is 12.7. The molecule has 1 amide bonds. The molecule has 0 radical (unpaired) electrons. The van der Waals surface area contributed by atoms with Crippen LogP contribution in [0.25, 0.3) is 0 Å². The van der Waals surface area contributed by atoms with E-state index in [-0.39, 0.29) is 5.91 Å². The van der Waals surface area contributed by atoms with Crippen molar-refractivity contribution in [1.29, 1.82) is 0 Å². The van der Waals surface area contributed by atoms with Crippen LogP contribution in [0.4, 0.5) is 11.4 Å². The van der Waals surface area contributed by atoms with E-state index in [0.29, 0.717) is 11.4 Å². The molecule has 1 aromatic rings. The summed E-state index contributed by atoms with van der Waals surface area (Å²) in [5.74, 6) is -1.26. The topological polar surface area (TPSA) is 83.6 Å². The van der Waals surface area contributed by atoms with Crippen LogP contribution in [-0.4, -0.2) is 27.3 Å². The number of carboxylic acids is 1. The smallest absolute Gasteiger partial charge is 0.329 e. The molecule has 1 aromatic carbocycles. The summed E-state index contributed by atoms with van der Waals surface area (Å²) in [4.78, 5) is 26.4. The van der Waals surface area contributed by atoms with Crippen LogP contribution in [0.2, 0.25) is 0 Å². The maximum Gasteiger partial charge on any atom is 0.329 e. The van der Waals surface area contributed by atoms with Gasteiger partial charge >= 0.3 is 5.97 Å². The van der Waals surface area contributed by atoms with E-state index >= 15 is 0 Å². The minimum absolute atomic E-state index is 0.216. The molecule has 0 saturated carbocycles. The van der Waals surface area contributed by atoms with Crippen molar-refractivity contribution < 1.29 is 14.7 Å². The molecule has 0 fully saturated rings. The van der Waals surface area contributed by atoms with E-state index in [1.54, 1.807) is 32.0 Å². The molecule has 20 heavy (non-hydrogen) atoms. The largest absolute Gasteiger partial charge is 0.480 e. The number of benzene rings is 1. The van der Waals surface area contributed by atoms with Crippen molar-refractivity contribution in [2.24, 2.45) is 0 Å². The summed E-state index contributed by atoms with van der Waals surface area (Å²) in [7, 11) is 0. The first-order valence-electron chi connectivity index (χ1n) is 6.24. The Hall–Kier alpha value is -1.69. The van der Waals surface area contributed by atoms with Crippen LogP contribution in [0.15, 0.2) is 23.1 Å². The second kappa shape index (κ2) is 4.41. The second-order valence-electron chi connectivity index (χ2n) is 5.84. The van der Waals surface area contributed by atoms with Crippen molar-refractivity contribution in [2.45, 2.75) is 42.9 Å². The van der Waals surface area contributed by atoms with E-state index in [2.05, 4.69) is 0 Å². The highest BCUT2D eigenvalue weighted by atomic mass is 32.2. The highest BCUT2D eigenvalue weighted by Gasteiger charge is 2.48. The standard InChI is InChI=1S/C14H18N2O3S/c1-13(2,12(18)19)16-9-6-5-8(15)7-10(9)20-14(3,4)11(16)17/h5-7H,15H2,1-4H3,(H,18,19). The molecule has 0 unspecified atom stereocenters. The lowest BCUT2D eigenvalue weighted by Gasteiger charge is -2.44. The zero-order valence-electron chi connectivity index (χ0n) is 11.9. The predicted molar refractivity (Wildman–Crippen MR) is 80.0 cm³/mol. The Balaban J connectivity index is 2.67. The van der Waals surface area contributed by atoms with E-state index in [9.17, 15) is 14.7 Å². The number of nitrogen functional groups attached to an aromatic ring is 1. The van der Waals surface area contributed by atoms with Gasteiger partial charge in [-0.15, -0.1) is 11.8 Å². The van der Waals surface area contributed by atoms with Crippen LogP contribution in [0.3, 0.4) is 0 Å². The van der Waals surface area contributed by atoms with E-state index < -0.39 is 16.3 Å². The Morgan fingerprint density at radius 3 is 2.55 bits per heavy atom. The first-order chi connectivity index (χ1) is 9.07. The predicted octanol–water partition coefficient (Wildman–Crippen LogP) is 2.35. The van der Waals surface area contributed by atoms with Crippen LogP contribution in [0.1, 0.15) is 27.7 Å². The van der Waals surface area contributed by atoms with Gasteiger partial charge in [-0.2, -0.15) is 0 Å². The Bertz CT molecular complexity index is 596. The molecule has 0 atom stereocenters. The highest BCUT2D eigenvalue weighted by molar-refractivity contribution is 8.01. The van der Waals surface area contributed by atoms with Crippen molar-refractivity contribution >= 4 is 35.0 Å². The van der Waals surface area contributed by atoms with Crippen molar-refractivity contribution in [3.8, 4) is 0 Å². The molecule has 0 spiro atoms. The van der Waals surface area contributed by atoms with E-state index in [1.807, 2.05) is 0 Å². The lowest BCUT2D eigenvalue weighted by Crippen LogP contribution is -2.59. The Morgan fingerprint density at radius 2 is 2.00 bits per heavy atom. The molecular weight excluding hydrogens is 276 g/mol. The molecule has 1 aliphatic rings. The summed E-state index contributed by atoms with van der Waals surface area (Å²) in [6.45, 7) is 6.63. The van der Waals surface area contributed by atoms with E-state index in [4.69, 9.17) is 5.73 Å². The molecule has 2 rings (SSSR count). The van der Waals surface area contributed by atoms with Gasteiger partial charge < -0.3 is 10.8 Å². The molecule has 108 valence electrons. The number of carbonyl (C=O) groups excluding carboxylic acids is 1. The number of anilines is 2. The van der Waals surface area contributed by atoms with Gasteiger partial charge in [-0.05, 0) is 45.9 Å². The fourth-order valence-corrected chi connectivity index (χ4v) is 3.33. The van der Waals surface area contributed by atoms with Crippen LogP contribution in [-0.2, 0) is 9.59 Å². The van der Waals surface area contributed by atoms with Crippen LogP contribution in [0.5, 0.6) is 0 Å². The third-order valence-corrected chi connectivity index (χ3v) is 4.62. The number of hydrogen-bond acceptors (Lipinski definition) is 4.